The van der Waals surface area contributed by atoms with Crippen LogP contribution in [0, 0.1) is 0 Å². The number of rotatable bonds is 6. The number of hydrogen-bond acceptors (Lipinski definition) is 6. The Morgan fingerprint density at radius 1 is 1.35 bits per heavy atom. The second-order valence-corrected chi connectivity index (χ2v) is 4.62. The predicted octanol–water partition coefficient (Wildman–Crippen LogP) is 2.27. The van der Waals surface area contributed by atoms with Gasteiger partial charge < -0.3 is 19.1 Å². The summed E-state index contributed by atoms with van der Waals surface area (Å²) in [6.45, 7) is 4.02. The Morgan fingerprint density at radius 2 is 2.15 bits per heavy atom. The quantitative estimate of drug-likeness (QED) is 0.873. The van der Waals surface area contributed by atoms with E-state index in [1.54, 1.807) is 25.3 Å². The van der Waals surface area contributed by atoms with E-state index in [9.17, 15) is 5.11 Å². The number of aliphatic hydroxyl groups excluding tert-OH is 1. The van der Waals surface area contributed by atoms with E-state index in [4.69, 9.17) is 14.0 Å². The van der Waals surface area contributed by atoms with Crippen molar-refractivity contribution in [1.82, 2.24) is 10.1 Å². The standard InChI is InChI=1S/C14H18N2O4/c1-9(2)14-15-13(16-20-14)8-19-12-5-4-11(18-3)6-10(12)7-17/h4-6,9,17H,7-8H2,1-3H3. The maximum Gasteiger partial charge on any atom is 0.229 e. The first kappa shape index (κ1) is 14.3. The number of methoxy groups -OCH3 is 1. The van der Waals surface area contributed by atoms with Gasteiger partial charge in [-0.05, 0) is 18.2 Å². The van der Waals surface area contributed by atoms with E-state index < -0.39 is 0 Å². The van der Waals surface area contributed by atoms with Crippen LogP contribution in [-0.2, 0) is 13.2 Å². The van der Waals surface area contributed by atoms with E-state index in [1.165, 1.54) is 0 Å². The van der Waals surface area contributed by atoms with E-state index >= 15 is 0 Å². The van der Waals surface area contributed by atoms with Crippen molar-refractivity contribution in [2.45, 2.75) is 33.0 Å². The molecule has 0 unspecified atom stereocenters. The van der Waals surface area contributed by atoms with Gasteiger partial charge in [0.2, 0.25) is 11.7 Å². The zero-order valence-electron chi connectivity index (χ0n) is 11.8. The molecule has 0 bridgehead atoms. The van der Waals surface area contributed by atoms with Crippen LogP contribution in [0.15, 0.2) is 22.7 Å². The third kappa shape index (κ3) is 3.27. The summed E-state index contributed by atoms with van der Waals surface area (Å²) in [5.74, 6) is 2.49. The largest absolute Gasteiger partial charge is 0.497 e. The lowest BCUT2D eigenvalue weighted by Crippen LogP contribution is -2.01. The molecule has 0 amide bonds. The monoisotopic (exact) mass is 278 g/mol. The molecule has 2 rings (SSSR count). The van der Waals surface area contributed by atoms with Gasteiger partial charge in [0.25, 0.3) is 0 Å². The molecule has 0 aliphatic carbocycles. The molecular weight excluding hydrogens is 260 g/mol. The van der Waals surface area contributed by atoms with Crippen molar-refractivity contribution in [1.29, 1.82) is 0 Å². The summed E-state index contributed by atoms with van der Waals surface area (Å²) in [7, 11) is 1.57. The lowest BCUT2D eigenvalue weighted by Gasteiger charge is -2.09. The Labute approximate surface area is 117 Å². The minimum absolute atomic E-state index is 0.129. The van der Waals surface area contributed by atoms with Crippen LogP contribution in [0.3, 0.4) is 0 Å². The fourth-order valence-corrected chi connectivity index (χ4v) is 1.65. The summed E-state index contributed by atoms with van der Waals surface area (Å²) in [4.78, 5) is 4.22. The summed E-state index contributed by atoms with van der Waals surface area (Å²) < 4.78 is 15.8. The van der Waals surface area contributed by atoms with Gasteiger partial charge in [0.1, 0.15) is 11.5 Å². The first-order valence-corrected chi connectivity index (χ1v) is 6.37. The molecule has 0 saturated heterocycles. The van der Waals surface area contributed by atoms with Crippen LogP contribution in [0.25, 0.3) is 0 Å². The molecule has 0 atom stereocenters. The summed E-state index contributed by atoms with van der Waals surface area (Å²) in [5.41, 5.74) is 0.650. The van der Waals surface area contributed by atoms with Gasteiger partial charge in [0.15, 0.2) is 6.61 Å². The fraction of sp³-hybridized carbons (Fsp3) is 0.429. The number of ether oxygens (including phenoxy) is 2. The van der Waals surface area contributed by atoms with Crippen molar-refractivity contribution in [3.63, 3.8) is 0 Å². The first-order valence-electron chi connectivity index (χ1n) is 6.37. The highest BCUT2D eigenvalue weighted by molar-refractivity contribution is 5.39. The maximum atomic E-state index is 9.33. The molecule has 6 nitrogen and oxygen atoms in total. The third-order valence-electron chi connectivity index (χ3n) is 2.77. The molecule has 0 spiro atoms. The lowest BCUT2D eigenvalue weighted by molar-refractivity contribution is 0.251. The zero-order chi connectivity index (χ0) is 14.5. The number of hydrogen-bond donors (Lipinski definition) is 1. The van der Waals surface area contributed by atoms with Crippen molar-refractivity contribution < 1.29 is 19.1 Å². The molecule has 2 aromatic rings. The van der Waals surface area contributed by atoms with E-state index in [0.717, 1.165) is 0 Å². The van der Waals surface area contributed by atoms with Crippen LogP contribution in [0.5, 0.6) is 11.5 Å². The summed E-state index contributed by atoms with van der Waals surface area (Å²) >= 11 is 0. The summed E-state index contributed by atoms with van der Waals surface area (Å²) in [5, 5.41) is 13.2. The SMILES string of the molecule is COc1ccc(OCc2noc(C(C)C)n2)c(CO)c1. The van der Waals surface area contributed by atoms with Crippen molar-refractivity contribution in [2.75, 3.05) is 7.11 Å². The zero-order valence-corrected chi connectivity index (χ0v) is 11.8. The summed E-state index contributed by atoms with van der Waals surface area (Å²) in [6, 6.07) is 5.24. The molecule has 0 aliphatic heterocycles. The van der Waals surface area contributed by atoms with Crippen molar-refractivity contribution in [3.8, 4) is 11.5 Å². The smallest absolute Gasteiger partial charge is 0.229 e. The molecule has 0 saturated carbocycles. The third-order valence-corrected chi connectivity index (χ3v) is 2.77. The number of benzene rings is 1. The highest BCUT2D eigenvalue weighted by atomic mass is 16.5. The Hall–Kier alpha value is -2.08. The molecule has 0 aliphatic rings. The van der Waals surface area contributed by atoms with Crippen molar-refractivity contribution in [2.24, 2.45) is 0 Å². The number of aliphatic hydroxyl groups is 1. The van der Waals surface area contributed by atoms with Gasteiger partial charge >= 0.3 is 0 Å². The normalized spacial score (nSPS) is 10.8. The molecule has 20 heavy (non-hydrogen) atoms. The van der Waals surface area contributed by atoms with Gasteiger partial charge in [0.05, 0.1) is 13.7 Å². The highest BCUT2D eigenvalue weighted by Crippen LogP contribution is 2.25. The topological polar surface area (TPSA) is 77.6 Å². The van der Waals surface area contributed by atoms with E-state index in [0.29, 0.717) is 28.8 Å². The number of aromatic nitrogens is 2. The molecule has 1 heterocycles. The molecular formula is C14H18N2O4. The van der Waals surface area contributed by atoms with Crippen LogP contribution < -0.4 is 9.47 Å². The molecule has 0 fully saturated rings. The molecule has 1 aromatic carbocycles. The predicted molar refractivity (Wildman–Crippen MR) is 71.6 cm³/mol. The maximum absolute atomic E-state index is 9.33. The van der Waals surface area contributed by atoms with E-state index in [1.807, 2.05) is 13.8 Å². The average Bonchev–Trinajstić information content (AvgIpc) is 2.94. The van der Waals surface area contributed by atoms with Crippen LogP contribution in [0.4, 0.5) is 0 Å². The molecule has 1 N–H and O–H groups in total. The van der Waals surface area contributed by atoms with Gasteiger partial charge in [-0.3, -0.25) is 0 Å². The average molecular weight is 278 g/mol. The minimum atomic E-state index is -0.129. The van der Waals surface area contributed by atoms with E-state index in [2.05, 4.69) is 10.1 Å². The highest BCUT2D eigenvalue weighted by Gasteiger charge is 2.11. The van der Waals surface area contributed by atoms with E-state index in [-0.39, 0.29) is 19.1 Å². The summed E-state index contributed by atoms with van der Waals surface area (Å²) in [6.07, 6.45) is 0. The first-order chi connectivity index (χ1) is 9.63. The van der Waals surface area contributed by atoms with Gasteiger partial charge in [0, 0.05) is 11.5 Å². The van der Waals surface area contributed by atoms with Crippen LogP contribution in [0.1, 0.15) is 37.0 Å². The van der Waals surface area contributed by atoms with Crippen LogP contribution in [0.2, 0.25) is 0 Å². The van der Waals surface area contributed by atoms with Gasteiger partial charge in [-0.25, -0.2) is 0 Å². The fourth-order valence-electron chi connectivity index (χ4n) is 1.65. The minimum Gasteiger partial charge on any atom is -0.497 e. The Bertz CT molecular complexity index is 566. The van der Waals surface area contributed by atoms with Crippen molar-refractivity contribution in [3.05, 3.63) is 35.5 Å². The second-order valence-electron chi connectivity index (χ2n) is 4.62. The van der Waals surface area contributed by atoms with Gasteiger partial charge in [-0.15, -0.1) is 0 Å². The van der Waals surface area contributed by atoms with Crippen LogP contribution >= 0.6 is 0 Å². The molecule has 108 valence electrons. The number of nitrogens with zero attached hydrogens (tertiary/aromatic N) is 2. The Morgan fingerprint density at radius 3 is 2.75 bits per heavy atom. The molecule has 6 heteroatoms. The Balaban J connectivity index is 2.06. The lowest BCUT2D eigenvalue weighted by atomic mass is 10.2. The molecule has 1 aromatic heterocycles. The second kappa shape index (κ2) is 6.38. The molecule has 0 radical (unpaired) electrons. The van der Waals surface area contributed by atoms with Crippen LogP contribution in [-0.4, -0.2) is 22.4 Å². The van der Waals surface area contributed by atoms with Gasteiger partial charge in [-0.2, -0.15) is 4.98 Å². The Kier molecular flexibility index (Phi) is 4.57. The van der Waals surface area contributed by atoms with Gasteiger partial charge in [-0.1, -0.05) is 19.0 Å². The van der Waals surface area contributed by atoms with Crippen molar-refractivity contribution >= 4 is 0 Å².